The number of hydrogen-bond donors (Lipinski definition) is 2. The molecule has 0 saturated carbocycles. The number of nitrogens with one attached hydrogen (secondary N) is 2. The van der Waals surface area contributed by atoms with E-state index < -0.39 is 10.0 Å². The zero-order chi connectivity index (χ0) is 17.4. The summed E-state index contributed by atoms with van der Waals surface area (Å²) in [4.78, 5) is 11.8. The van der Waals surface area contributed by atoms with E-state index in [0.29, 0.717) is 37.0 Å². The molecule has 1 saturated heterocycles. The van der Waals surface area contributed by atoms with Crippen molar-refractivity contribution in [1.29, 1.82) is 0 Å². The van der Waals surface area contributed by atoms with Crippen molar-refractivity contribution in [2.45, 2.75) is 37.5 Å². The van der Waals surface area contributed by atoms with Crippen LogP contribution in [0.5, 0.6) is 0 Å². The zero-order valence-corrected chi connectivity index (χ0v) is 15.0. The van der Waals surface area contributed by atoms with E-state index in [4.69, 9.17) is 0 Å². The maximum atomic E-state index is 12.6. The number of nitrogens with zero attached hydrogens (tertiary/aromatic N) is 1. The molecule has 0 spiro atoms. The van der Waals surface area contributed by atoms with Crippen LogP contribution in [0.25, 0.3) is 0 Å². The lowest BCUT2D eigenvalue weighted by atomic mass is 9.95. The molecule has 0 aliphatic carbocycles. The predicted molar refractivity (Wildman–Crippen MR) is 94.2 cm³/mol. The molecule has 0 radical (unpaired) electrons. The highest BCUT2D eigenvalue weighted by molar-refractivity contribution is 7.89. The predicted octanol–water partition coefficient (Wildman–Crippen LogP) is 2.19. The summed E-state index contributed by atoms with van der Waals surface area (Å²) >= 11 is 0. The number of amides is 2. The molecule has 6 nitrogen and oxygen atoms in total. The Morgan fingerprint density at radius 3 is 2.38 bits per heavy atom. The number of carbonyl (C=O) groups is 1. The monoisotopic (exact) mass is 353 g/mol. The lowest BCUT2D eigenvalue weighted by Crippen LogP contribution is -2.40. The number of rotatable bonds is 7. The first kappa shape index (κ1) is 18.7. The third kappa shape index (κ3) is 5.21. The Labute approximate surface area is 144 Å². The van der Waals surface area contributed by atoms with Gasteiger partial charge in [-0.3, -0.25) is 0 Å². The number of benzene rings is 1. The second-order valence-electron chi connectivity index (χ2n) is 6.13. The SMILES string of the molecule is CCCNC(=O)NCCC1CCN(S(=O)(=O)c2ccccc2)CC1. The molecule has 0 bridgehead atoms. The third-order valence-corrected chi connectivity index (χ3v) is 6.24. The van der Waals surface area contributed by atoms with E-state index in [1.165, 1.54) is 0 Å². The highest BCUT2D eigenvalue weighted by atomic mass is 32.2. The molecule has 1 heterocycles. The average molecular weight is 353 g/mol. The second-order valence-corrected chi connectivity index (χ2v) is 8.07. The topological polar surface area (TPSA) is 78.5 Å². The summed E-state index contributed by atoms with van der Waals surface area (Å²) in [6.07, 6.45) is 3.48. The van der Waals surface area contributed by atoms with Crippen molar-refractivity contribution in [1.82, 2.24) is 14.9 Å². The number of urea groups is 1. The van der Waals surface area contributed by atoms with E-state index in [1.807, 2.05) is 13.0 Å². The molecule has 0 atom stereocenters. The molecule has 2 rings (SSSR count). The normalized spacial score (nSPS) is 16.7. The van der Waals surface area contributed by atoms with Gasteiger partial charge in [0.15, 0.2) is 0 Å². The fourth-order valence-corrected chi connectivity index (χ4v) is 4.36. The van der Waals surface area contributed by atoms with E-state index in [9.17, 15) is 13.2 Å². The van der Waals surface area contributed by atoms with E-state index in [2.05, 4.69) is 10.6 Å². The fraction of sp³-hybridized carbons (Fsp3) is 0.588. The van der Waals surface area contributed by atoms with Crippen molar-refractivity contribution in [2.24, 2.45) is 5.92 Å². The van der Waals surface area contributed by atoms with Gasteiger partial charge in [0.05, 0.1) is 4.90 Å². The van der Waals surface area contributed by atoms with Gasteiger partial charge in [0.25, 0.3) is 0 Å². The Kier molecular flexibility index (Phi) is 7.05. The van der Waals surface area contributed by atoms with Crippen molar-refractivity contribution in [3.63, 3.8) is 0 Å². The van der Waals surface area contributed by atoms with Crippen LogP contribution in [-0.4, -0.2) is 44.9 Å². The molecule has 1 aromatic carbocycles. The maximum Gasteiger partial charge on any atom is 0.314 e. The van der Waals surface area contributed by atoms with Crippen LogP contribution in [0.4, 0.5) is 4.79 Å². The van der Waals surface area contributed by atoms with Gasteiger partial charge in [0.2, 0.25) is 10.0 Å². The molecule has 7 heteroatoms. The quantitative estimate of drug-likeness (QED) is 0.789. The van der Waals surface area contributed by atoms with E-state index in [1.54, 1.807) is 28.6 Å². The summed E-state index contributed by atoms with van der Waals surface area (Å²) < 4.78 is 26.7. The summed E-state index contributed by atoms with van der Waals surface area (Å²) in [5, 5.41) is 5.63. The Hall–Kier alpha value is -1.60. The molecule has 1 aliphatic heterocycles. The van der Waals surface area contributed by atoms with Crippen LogP contribution in [-0.2, 0) is 10.0 Å². The molecular formula is C17H27N3O3S. The highest BCUT2D eigenvalue weighted by Gasteiger charge is 2.28. The Morgan fingerprint density at radius 1 is 1.12 bits per heavy atom. The summed E-state index contributed by atoms with van der Waals surface area (Å²) in [6, 6.07) is 8.46. The Morgan fingerprint density at radius 2 is 1.75 bits per heavy atom. The van der Waals surface area contributed by atoms with Crippen molar-refractivity contribution >= 4 is 16.1 Å². The van der Waals surface area contributed by atoms with E-state index in [-0.39, 0.29) is 6.03 Å². The van der Waals surface area contributed by atoms with Crippen LogP contribution in [0.3, 0.4) is 0 Å². The summed E-state index contributed by atoms with van der Waals surface area (Å²) in [5.74, 6) is 0.457. The summed E-state index contributed by atoms with van der Waals surface area (Å²) in [6.45, 7) is 4.42. The van der Waals surface area contributed by atoms with Gasteiger partial charge in [-0.25, -0.2) is 13.2 Å². The van der Waals surface area contributed by atoms with E-state index in [0.717, 1.165) is 25.7 Å². The molecule has 0 aromatic heterocycles. The van der Waals surface area contributed by atoms with Gasteiger partial charge in [-0.1, -0.05) is 25.1 Å². The fourth-order valence-electron chi connectivity index (χ4n) is 2.87. The van der Waals surface area contributed by atoms with Crippen molar-refractivity contribution in [3.8, 4) is 0 Å². The van der Waals surface area contributed by atoms with Gasteiger partial charge in [0, 0.05) is 26.2 Å². The van der Waals surface area contributed by atoms with Crippen molar-refractivity contribution in [3.05, 3.63) is 30.3 Å². The minimum atomic E-state index is -3.38. The molecular weight excluding hydrogens is 326 g/mol. The molecule has 2 N–H and O–H groups in total. The minimum absolute atomic E-state index is 0.124. The summed E-state index contributed by atoms with van der Waals surface area (Å²) in [7, 11) is -3.38. The lowest BCUT2D eigenvalue weighted by molar-refractivity contribution is 0.236. The minimum Gasteiger partial charge on any atom is -0.338 e. The van der Waals surface area contributed by atoms with Gasteiger partial charge >= 0.3 is 6.03 Å². The standard InChI is InChI=1S/C17H27N3O3S/c1-2-11-18-17(21)19-12-8-15-9-13-20(14-10-15)24(22,23)16-6-4-3-5-7-16/h3-7,15H,2,8-14H2,1H3,(H2,18,19,21). The number of hydrogen-bond acceptors (Lipinski definition) is 3. The highest BCUT2D eigenvalue weighted by Crippen LogP contribution is 2.25. The van der Waals surface area contributed by atoms with Gasteiger partial charge < -0.3 is 10.6 Å². The molecule has 1 aromatic rings. The largest absolute Gasteiger partial charge is 0.338 e. The zero-order valence-electron chi connectivity index (χ0n) is 14.2. The lowest BCUT2D eigenvalue weighted by Gasteiger charge is -2.31. The van der Waals surface area contributed by atoms with Gasteiger partial charge in [-0.2, -0.15) is 4.31 Å². The van der Waals surface area contributed by atoms with Gasteiger partial charge in [-0.05, 0) is 43.7 Å². The molecule has 2 amide bonds. The smallest absolute Gasteiger partial charge is 0.314 e. The molecule has 134 valence electrons. The van der Waals surface area contributed by atoms with Crippen molar-refractivity contribution < 1.29 is 13.2 Å². The van der Waals surface area contributed by atoms with Gasteiger partial charge in [0.1, 0.15) is 0 Å². The Balaban J connectivity index is 1.75. The summed E-state index contributed by atoms with van der Waals surface area (Å²) in [5.41, 5.74) is 0. The Bertz CT molecular complexity index is 611. The average Bonchev–Trinajstić information content (AvgIpc) is 2.61. The number of sulfonamides is 1. The molecule has 0 unspecified atom stereocenters. The number of piperidine rings is 1. The molecule has 1 fully saturated rings. The third-order valence-electron chi connectivity index (χ3n) is 4.33. The first-order chi connectivity index (χ1) is 11.5. The molecule has 1 aliphatic rings. The van der Waals surface area contributed by atoms with Crippen molar-refractivity contribution in [2.75, 3.05) is 26.2 Å². The van der Waals surface area contributed by atoms with Crippen LogP contribution >= 0.6 is 0 Å². The second kappa shape index (κ2) is 9.03. The van der Waals surface area contributed by atoms with Crippen LogP contribution in [0.2, 0.25) is 0 Å². The number of carbonyl (C=O) groups excluding carboxylic acids is 1. The van der Waals surface area contributed by atoms with Crippen LogP contribution in [0.15, 0.2) is 35.2 Å². The van der Waals surface area contributed by atoms with Crippen LogP contribution in [0, 0.1) is 5.92 Å². The van der Waals surface area contributed by atoms with Crippen LogP contribution < -0.4 is 10.6 Å². The first-order valence-corrected chi connectivity index (χ1v) is 10.0. The first-order valence-electron chi connectivity index (χ1n) is 8.61. The van der Waals surface area contributed by atoms with E-state index >= 15 is 0 Å². The van der Waals surface area contributed by atoms with Crippen LogP contribution in [0.1, 0.15) is 32.6 Å². The van der Waals surface area contributed by atoms with Gasteiger partial charge in [-0.15, -0.1) is 0 Å². The molecule has 24 heavy (non-hydrogen) atoms. The maximum absolute atomic E-state index is 12.6.